The minimum Gasteiger partial charge on any atom is -0.496 e. The summed E-state index contributed by atoms with van der Waals surface area (Å²) in [6.07, 6.45) is 2.75. The zero-order valence-electron chi connectivity index (χ0n) is 11.8. The molecule has 1 aromatic rings. The second-order valence-electron chi connectivity index (χ2n) is 4.24. The van der Waals surface area contributed by atoms with Crippen molar-refractivity contribution in [3.63, 3.8) is 0 Å². The van der Waals surface area contributed by atoms with Crippen molar-refractivity contribution in [3.8, 4) is 5.75 Å². The summed E-state index contributed by atoms with van der Waals surface area (Å²) in [4.78, 5) is 11.3. The van der Waals surface area contributed by atoms with Crippen molar-refractivity contribution >= 4 is 17.5 Å². The number of carbonyl (C=O) groups is 1. The molecule has 0 spiro atoms. The van der Waals surface area contributed by atoms with E-state index in [0.29, 0.717) is 0 Å². The van der Waals surface area contributed by atoms with Crippen molar-refractivity contribution in [2.24, 2.45) is 0 Å². The third-order valence-corrected chi connectivity index (χ3v) is 3.39. The number of carbonyl (C=O) groups excluding carboxylic acids is 1. The van der Waals surface area contributed by atoms with Gasteiger partial charge in [-0.1, -0.05) is 26.0 Å². The van der Waals surface area contributed by atoms with E-state index in [4.69, 9.17) is 16.3 Å². The van der Waals surface area contributed by atoms with E-state index in [9.17, 15) is 4.79 Å². The highest BCUT2D eigenvalue weighted by atomic mass is 35.5. The first kappa shape index (κ1) is 15.8. The summed E-state index contributed by atoms with van der Waals surface area (Å²) in [6, 6.07) is 6.27. The minimum atomic E-state index is -0.102. The van der Waals surface area contributed by atoms with Crippen LogP contribution in [0.25, 0.3) is 0 Å². The number of fused-ring (bicyclic) bond motifs is 1. The molecule has 1 aliphatic carbocycles. The molecule has 2 rings (SSSR count). The molecule has 19 heavy (non-hydrogen) atoms. The second kappa shape index (κ2) is 8.05. The van der Waals surface area contributed by atoms with E-state index >= 15 is 0 Å². The van der Waals surface area contributed by atoms with Crippen LogP contribution in [0.5, 0.6) is 5.75 Å². The maximum absolute atomic E-state index is 11.3. The summed E-state index contributed by atoms with van der Waals surface area (Å²) in [5.74, 6) is 0.831. The Morgan fingerprint density at radius 2 is 2.21 bits per heavy atom. The number of aryl methyl sites for hydroxylation is 1. The quantitative estimate of drug-likeness (QED) is 0.866. The van der Waals surface area contributed by atoms with Crippen LogP contribution in [-0.2, 0) is 17.6 Å². The van der Waals surface area contributed by atoms with Crippen LogP contribution in [0.3, 0.4) is 0 Å². The molecule has 0 aliphatic heterocycles. The maximum atomic E-state index is 11.3. The first-order chi connectivity index (χ1) is 9.24. The number of amides is 1. The van der Waals surface area contributed by atoms with Gasteiger partial charge >= 0.3 is 0 Å². The highest BCUT2D eigenvalue weighted by Crippen LogP contribution is 2.29. The fraction of sp³-hybridized carbons (Fsp3) is 0.533. The van der Waals surface area contributed by atoms with Gasteiger partial charge in [-0.2, -0.15) is 0 Å². The van der Waals surface area contributed by atoms with E-state index in [2.05, 4.69) is 11.4 Å². The molecule has 0 fully saturated rings. The van der Waals surface area contributed by atoms with Gasteiger partial charge in [0, 0.05) is 6.04 Å². The van der Waals surface area contributed by atoms with Gasteiger partial charge in [-0.15, -0.1) is 11.6 Å². The fourth-order valence-electron chi connectivity index (χ4n) is 2.34. The zero-order valence-corrected chi connectivity index (χ0v) is 12.6. The van der Waals surface area contributed by atoms with Crippen LogP contribution >= 0.6 is 11.6 Å². The molecule has 0 heterocycles. The Balaban J connectivity index is 0.000000861. The molecule has 4 heteroatoms. The molecule has 1 aromatic carbocycles. The number of halogens is 1. The van der Waals surface area contributed by atoms with Gasteiger partial charge in [0.15, 0.2) is 0 Å². The SMILES string of the molecule is CC.COc1cccc2c1CC(NC(=O)CCl)CC2. The van der Waals surface area contributed by atoms with Gasteiger partial charge in [0.05, 0.1) is 7.11 Å². The topological polar surface area (TPSA) is 38.3 Å². The lowest BCUT2D eigenvalue weighted by atomic mass is 9.87. The molecule has 106 valence electrons. The number of ether oxygens (including phenoxy) is 1. The van der Waals surface area contributed by atoms with Gasteiger partial charge in [-0.25, -0.2) is 0 Å². The molecular formula is C15H22ClNO2. The van der Waals surface area contributed by atoms with Crippen molar-refractivity contribution in [2.75, 3.05) is 13.0 Å². The van der Waals surface area contributed by atoms with Crippen LogP contribution in [-0.4, -0.2) is 24.9 Å². The van der Waals surface area contributed by atoms with Crippen molar-refractivity contribution in [1.29, 1.82) is 0 Å². The summed E-state index contributed by atoms with van der Waals surface area (Å²) in [5, 5.41) is 2.93. The summed E-state index contributed by atoms with van der Waals surface area (Å²) < 4.78 is 5.35. The number of benzene rings is 1. The Morgan fingerprint density at radius 3 is 2.84 bits per heavy atom. The molecule has 1 atom stereocenters. The molecule has 1 N–H and O–H groups in total. The van der Waals surface area contributed by atoms with Crippen LogP contribution in [0.1, 0.15) is 31.4 Å². The highest BCUT2D eigenvalue weighted by molar-refractivity contribution is 6.27. The smallest absolute Gasteiger partial charge is 0.235 e. The number of hydrogen-bond donors (Lipinski definition) is 1. The molecule has 0 bridgehead atoms. The van der Waals surface area contributed by atoms with E-state index in [1.807, 2.05) is 26.0 Å². The standard InChI is InChI=1S/C13H16ClNO2.C2H6/c1-17-12-4-2-3-9-5-6-10(7-11(9)12)15-13(16)8-14;1-2/h2-4,10H,5-8H2,1H3,(H,15,16);1-2H3. The Morgan fingerprint density at radius 1 is 1.47 bits per heavy atom. The molecule has 3 nitrogen and oxygen atoms in total. The number of methoxy groups -OCH3 is 1. The van der Waals surface area contributed by atoms with Gasteiger partial charge < -0.3 is 10.1 Å². The maximum Gasteiger partial charge on any atom is 0.235 e. The van der Waals surface area contributed by atoms with Gasteiger partial charge in [-0.05, 0) is 36.5 Å². The Bertz CT molecular complexity index is 406. The number of rotatable bonds is 3. The average Bonchev–Trinajstić information content (AvgIpc) is 2.48. The van der Waals surface area contributed by atoms with Gasteiger partial charge in [-0.3, -0.25) is 4.79 Å². The predicted molar refractivity (Wildman–Crippen MR) is 79.0 cm³/mol. The Kier molecular flexibility index (Phi) is 6.71. The third kappa shape index (κ3) is 4.13. The Labute approximate surface area is 120 Å². The summed E-state index contributed by atoms with van der Waals surface area (Å²) in [7, 11) is 1.68. The van der Waals surface area contributed by atoms with Crippen molar-refractivity contribution in [2.45, 2.75) is 39.2 Å². The van der Waals surface area contributed by atoms with Crippen molar-refractivity contribution < 1.29 is 9.53 Å². The van der Waals surface area contributed by atoms with Crippen LogP contribution in [0.4, 0.5) is 0 Å². The van der Waals surface area contributed by atoms with Gasteiger partial charge in [0.25, 0.3) is 0 Å². The normalized spacial score (nSPS) is 16.7. The lowest BCUT2D eigenvalue weighted by Crippen LogP contribution is -2.39. The largest absolute Gasteiger partial charge is 0.496 e. The monoisotopic (exact) mass is 283 g/mol. The minimum absolute atomic E-state index is 0.0231. The third-order valence-electron chi connectivity index (χ3n) is 3.15. The summed E-state index contributed by atoms with van der Waals surface area (Å²) in [6.45, 7) is 4.00. The van der Waals surface area contributed by atoms with Crippen molar-refractivity contribution in [3.05, 3.63) is 29.3 Å². The average molecular weight is 284 g/mol. The van der Waals surface area contributed by atoms with E-state index in [-0.39, 0.29) is 17.8 Å². The number of nitrogens with one attached hydrogen (secondary N) is 1. The molecule has 0 saturated heterocycles. The second-order valence-corrected chi connectivity index (χ2v) is 4.51. The molecule has 1 aliphatic rings. The first-order valence-electron chi connectivity index (χ1n) is 6.74. The molecule has 1 unspecified atom stereocenters. The molecule has 0 radical (unpaired) electrons. The summed E-state index contributed by atoms with van der Waals surface area (Å²) >= 11 is 5.49. The Hall–Kier alpha value is -1.22. The molecule has 0 saturated carbocycles. The van der Waals surface area contributed by atoms with E-state index in [1.54, 1.807) is 7.11 Å². The van der Waals surface area contributed by atoms with E-state index < -0.39 is 0 Å². The molecular weight excluding hydrogens is 262 g/mol. The lowest BCUT2D eigenvalue weighted by molar-refractivity contribution is -0.119. The first-order valence-corrected chi connectivity index (χ1v) is 7.28. The molecule has 1 amide bonds. The lowest BCUT2D eigenvalue weighted by Gasteiger charge is -2.26. The van der Waals surface area contributed by atoms with Crippen LogP contribution < -0.4 is 10.1 Å². The van der Waals surface area contributed by atoms with E-state index in [1.165, 1.54) is 11.1 Å². The number of hydrogen-bond acceptors (Lipinski definition) is 2. The number of alkyl halides is 1. The van der Waals surface area contributed by atoms with Crippen LogP contribution in [0, 0.1) is 0 Å². The molecule has 0 aromatic heterocycles. The van der Waals surface area contributed by atoms with Gasteiger partial charge in [0.2, 0.25) is 5.91 Å². The van der Waals surface area contributed by atoms with Crippen LogP contribution in [0.2, 0.25) is 0 Å². The highest BCUT2D eigenvalue weighted by Gasteiger charge is 2.22. The van der Waals surface area contributed by atoms with E-state index in [0.717, 1.165) is 25.0 Å². The zero-order chi connectivity index (χ0) is 14.3. The summed E-state index contributed by atoms with van der Waals surface area (Å²) in [5.41, 5.74) is 2.53. The van der Waals surface area contributed by atoms with Crippen molar-refractivity contribution in [1.82, 2.24) is 5.32 Å². The fourth-order valence-corrected chi connectivity index (χ4v) is 2.41. The van der Waals surface area contributed by atoms with Gasteiger partial charge in [0.1, 0.15) is 11.6 Å². The predicted octanol–water partition coefficient (Wildman–Crippen LogP) is 2.93. The van der Waals surface area contributed by atoms with Crippen LogP contribution in [0.15, 0.2) is 18.2 Å².